The third-order valence-corrected chi connectivity index (χ3v) is 5.00. The monoisotopic (exact) mass is 372 g/mol. The highest BCUT2D eigenvalue weighted by atomic mass is 16.5. The molecule has 0 atom stereocenters. The van der Waals surface area contributed by atoms with Gasteiger partial charge in [-0.1, -0.05) is 13.8 Å². The molecule has 0 bridgehead atoms. The van der Waals surface area contributed by atoms with Crippen molar-refractivity contribution in [3.63, 3.8) is 0 Å². The van der Waals surface area contributed by atoms with Gasteiger partial charge in [0.25, 0.3) is 5.91 Å². The SMILES string of the molecule is Cc1nn(C(C)(C)C)c2nc(C(C)C)cc(C(=O)N3CCOC(C)(C)C3)c12. The Morgan fingerprint density at radius 1 is 1.30 bits per heavy atom. The molecule has 1 fully saturated rings. The maximum Gasteiger partial charge on any atom is 0.254 e. The van der Waals surface area contributed by atoms with Gasteiger partial charge in [-0.15, -0.1) is 0 Å². The van der Waals surface area contributed by atoms with Gasteiger partial charge in [-0.2, -0.15) is 5.10 Å². The molecule has 6 nitrogen and oxygen atoms in total. The Morgan fingerprint density at radius 2 is 1.96 bits per heavy atom. The highest BCUT2D eigenvalue weighted by molar-refractivity contribution is 6.06. The van der Waals surface area contributed by atoms with Gasteiger partial charge >= 0.3 is 0 Å². The van der Waals surface area contributed by atoms with Crippen LogP contribution in [-0.4, -0.2) is 50.9 Å². The van der Waals surface area contributed by atoms with Gasteiger partial charge in [0.15, 0.2) is 5.65 Å². The minimum absolute atomic E-state index is 0.0391. The fraction of sp³-hybridized carbons (Fsp3) is 0.667. The van der Waals surface area contributed by atoms with Crippen LogP contribution >= 0.6 is 0 Å². The average Bonchev–Trinajstić information content (AvgIpc) is 2.89. The molecule has 0 N–H and O–H groups in total. The maximum absolute atomic E-state index is 13.5. The second kappa shape index (κ2) is 6.59. The normalized spacial score (nSPS) is 17.7. The molecule has 0 spiro atoms. The van der Waals surface area contributed by atoms with Gasteiger partial charge in [0.2, 0.25) is 0 Å². The van der Waals surface area contributed by atoms with Crippen molar-refractivity contribution in [2.75, 3.05) is 19.7 Å². The van der Waals surface area contributed by atoms with Crippen LogP contribution in [0.2, 0.25) is 0 Å². The molecule has 0 saturated carbocycles. The molecule has 27 heavy (non-hydrogen) atoms. The highest BCUT2D eigenvalue weighted by Gasteiger charge is 2.33. The summed E-state index contributed by atoms with van der Waals surface area (Å²) in [6, 6.07) is 1.96. The van der Waals surface area contributed by atoms with E-state index in [4.69, 9.17) is 14.8 Å². The second-order valence-electron chi connectivity index (χ2n) is 9.45. The van der Waals surface area contributed by atoms with E-state index in [9.17, 15) is 4.79 Å². The van der Waals surface area contributed by atoms with Gasteiger partial charge in [0, 0.05) is 18.8 Å². The number of carbonyl (C=O) groups excluding carboxylic acids is 1. The number of amides is 1. The molecule has 2 aromatic heterocycles. The van der Waals surface area contributed by atoms with E-state index in [1.165, 1.54) is 0 Å². The topological polar surface area (TPSA) is 60.2 Å². The van der Waals surface area contributed by atoms with Crippen LogP contribution in [0.3, 0.4) is 0 Å². The molecule has 0 aromatic carbocycles. The van der Waals surface area contributed by atoms with Crippen LogP contribution < -0.4 is 0 Å². The number of hydrogen-bond acceptors (Lipinski definition) is 4. The first-order valence-corrected chi connectivity index (χ1v) is 9.75. The predicted octanol–water partition coefficient (Wildman–Crippen LogP) is 3.87. The Hall–Kier alpha value is -1.95. The average molecular weight is 373 g/mol. The number of pyridine rings is 1. The van der Waals surface area contributed by atoms with Crippen LogP contribution in [0.1, 0.15) is 76.1 Å². The number of morpholine rings is 1. The van der Waals surface area contributed by atoms with Gasteiger partial charge in [-0.25, -0.2) is 9.67 Å². The molecule has 1 saturated heterocycles. The van der Waals surface area contributed by atoms with Crippen LogP contribution in [0, 0.1) is 6.92 Å². The van der Waals surface area contributed by atoms with E-state index in [1.807, 2.05) is 36.4 Å². The molecule has 1 amide bonds. The highest BCUT2D eigenvalue weighted by Crippen LogP contribution is 2.30. The number of aromatic nitrogens is 3. The van der Waals surface area contributed by atoms with E-state index < -0.39 is 0 Å². The molecule has 3 heterocycles. The summed E-state index contributed by atoms with van der Waals surface area (Å²) in [7, 11) is 0. The number of ether oxygens (including phenoxy) is 1. The number of rotatable bonds is 2. The Kier molecular flexibility index (Phi) is 4.83. The summed E-state index contributed by atoms with van der Waals surface area (Å²) >= 11 is 0. The molecular formula is C21H32N4O2. The van der Waals surface area contributed by atoms with E-state index in [1.54, 1.807) is 0 Å². The summed E-state index contributed by atoms with van der Waals surface area (Å²) in [5.41, 5.74) is 2.72. The summed E-state index contributed by atoms with van der Waals surface area (Å²) < 4.78 is 7.73. The lowest BCUT2D eigenvalue weighted by atomic mass is 10.0. The zero-order valence-corrected chi connectivity index (χ0v) is 17.9. The van der Waals surface area contributed by atoms with E-state index in [-0.39, 0.29) is 23.0 Å². The molecule has 148 valence electrons. The quantitative estimate of drug-likeness (QED) is 0.803. The first-order valence-electron chi connectivity index (χ1n) is 9.75. The summed E-state index contributed by atoms with van der Waals surface area (Å²) in [5, 5.41) is 5.60. The summed E-state index contributed by atoms with van der Waals surface area (Å²) in [4.78, 5) is 20.3. The number of aryl methyl sites for hydroxylation is 1. The summed E-state index contributed by atoms with van der Waals surface area (Å²) in [6.07, 6.45) is 0. The van der Waals surface area contributed by atoms with E-state index in [2.05, 4.69) is 34.6 Å². The third kappa shape index (κ3) is 3.72. The smallest absolute Gasteiger partial charge is 0.254 e. The van der Waals surface area contributed by atoms with E-state index in [0.29, 0.717) is 25.3 Å². The predicted molar refractivity (Wildman–Crippen MR) is 107 cm³/mol. The van der Waals surface area contributed by atoms with Crippen LogP contribution in [0.4, 0.5) is 0 Å². The second-order valence-corrected chi connectivity index (χ2v) is 9.45. The van der Waals surface area contributed by atoms with Gasteiger partial charge in [0.1, 0.15) is 0 Å². The molecular weight excluding hydrogens is 340 g/mol. The van der Waals surface area contributed by atoms with Crippen molar-refractivity contribution < 1.29 is 9.53 Å². The standard InChI is InChI=1S/C21H32N4O2/c1-13(2)16-11-15(19(26)24-9-10-27-21(7,8)12-24)17-14(3)23-25(18(17)22-16)20(4,5)6/h11,13H,9-10,12H2,1-8H3. The molecule has 2 aromatic rings. The zero-order valence-electron chi connectivity index (χ0n) is 17.9. The number of nitrogens with zero attached hydrogens (tertiary/aromatic N) is 4. The van der Waals surface area contributed by atoms with Crippen molar-refractivity contribution >= 4 is 16.9 Å². The third-order valence-electron chi connectivity index (χ3n) is 5.00. The van der Waals surface area contributed by atoms with E-state index in [0.717, 1.165) is 22.4 Å². The van der Waals surface area contributed by atoms with Crippen molar-refractivity contribution in [3.8, 4) is 0 Å². The molecule has 0 unspecified atom stereocenters. The lowest BCUT2D eigenvalue weighted by Crippen LogP contribution is -2.50. The summed E-state index contributed by atoms with van der Waals surface area (Å²) in [6.45, 7) is 18.3. The van der Waals surface area contributed by atoms with Crippen LogP contribution in [0.5, 0.6) is 0 Å². The van der Waals surface area contributed by atoms with Crippen molar-refractivity contribution in [1.82, 2.24) is 19.7 Å². The number of hydrogen-bond donors (Lipinski definition) is 0. The van der Waals surface area contributed by atoms with Crippen molar-refractivity contribution in [2.45, 2.75) is 72.4 Å². The fourth-order valence-electron chi connectivity index (χ4n) is 3.60. The van der Waals surface area contributed by atoms with Gasteiger partial charge in [-0.3, -0.25) is 4.79 Å². The van der Waals surface area contributed by atoms with Gasteiger partial charge in [-0.05, 0) is 53.5 Å². The van der Waals surface area contributed by atoms with Crippen LogP contribution in [-0.2, 0) is 10.3 Å². The number of fused-ring (bicyclic) bond motifs is 1. The van der Waals surface area contributed by atoms with Crippen molar-refractivity contribution in [3.05, 3.63) is 23.0 Å². The minimum Gasteiger partial charge on any atom is -0.372 e. The van der Waals surface area contributed by atoms with Crippen LogP contribution in [0.15, 0.2) is 6.07 Å². The first kappa shape index (κ1) is 19.8. The minimum atomic E-state index is -0.328. The van der Waals surface area contributed by atoms with Gasteiger partial charge < -0.3 is 9.64 Å². The Labute approximate surface area is 161 Å². The Bertz CT molecular complexity index is 874. The lowest BCUT2D eigenvalue weighted by molar-refractivity contribution is -0.0763. The molecule has 1 aliphatic rings. The molecule has 1 aliphatic heterocycles. The molecule has 0 aliphatic carbocycles. The molecule has 0 radical (unpaired) electrons. The summed E-state index contributed by atoms with van der Waals surface area (Å²) in [5.74, 6) is 0.267. The largest absolute Gasteiger partial charge is 0.372 e. The van der Waals surface area contributed by atoms with E-state index >= 15 is 0 Å². The van der Waals surface area contributed by atoms with Crippen LogP contribution in [0.25, 0.3) is 11.0 Å². The Balaban J connectivity index is 2.19. The van der Waals surface area contributed by atoms with Gasteiger partial charge in [0.05, 0.1) is 34.4 Å². The molecule has 3 rings (SSSR count). The first-order chi connectivity index (χ1) is 12.4. The van der Waals surface area contributed by atoms with Crippen molar-refractivity contribution in [2.24, 2.45) is 0 Å². The Morgan fingerprint density at radius 3 is 2.52 bits per heavy atom. The fourth-order valence-corrected chi connectivity index (χ4v) is 3.60. The zero-order chi connectivity index (χ0) is 20.1. The lowest BCUT2D eigenvalue weighted by Gasteiger charge is -2.38. The maximum atomic E-state index is 13.5. The molecule has 6 heteroatoms. The van der Waals surface area contributed by atoms with Crippen molar-refractivity contribution in [1.29, 1.82) is 0 Å². The number of carbonyl (C=O) groups is 1.